The maximum absolute atomic E-state index is 13.2. The van der Waals surface area contributed by atoms with Crippen molar-refractivity contribution in [3.05, 3.63) is 35.9 Å². The van der Waals surface area contributed by atoms with Gasteiger partial charge in [0.25, 0.3) is 0 Å². The molecule has 0 aromatic heterocycles. The Kier molecular flexibility index (Phi) is 8.04. The number of benzene rings is 1. The molecule has 1 aromatic rings. The molecule has 1 aromatic carbocycles. The molecule has 0 saturated carbocycles. The Hall–Kier alpha value is -2.15. The number of nitrogens with zero attached hydrogens (tertiary/aromatic N) is 2. The fraction of sp³-hybridized carbons (Fsp3) is 0.500. The van der Waals surface area contributed by atoms with Gasteiger partial charge in [0.2, 0.25) is 11.8 Å². The molecule has 1 unspecified atom stereocenters. The number of alkyl halides is 1. The molecule has 1 N–H and O–H groups in total. The van der Waals surface area contributed by atoms with Crippen molar-refractivity contribution in [1.82, 2.24) is 10.2 Å². The summed E-state index contributed by atoms with van der Waals surface area (Å²) in [5.74, 6) is -1.70. The minimum Gasteiger partial charge on any atom is -0.469 e. The van der Waals surface area contributed by atoms with Gasteiger partial charge in [-0.05, 0) is 48.9 Å². The third kappa shape index (κ3) is 5.34. The van der Waals surface area contributed by atoms with E-state index in [0.717, 1.165) is 0 Å². The SMILES string of the molecule is COC(=O)CC(C)=NC(C(=O)N[C@@H]1C(=O)N2[C@@H]1SC(C)(C)[C@@H]2C(=O)OCI)c1ccccc1. The molecule has 0 spiro atoms. The Morgan fingerprint density at radius 3 is 2.55 bits per heavy atom. The van der Waals surface area contributed by atoms with E-state index in [0.29, 0.717) is 11.3 Å². The number of fused-ring (bicyclic) bond motifs is 1. The average Bonchev–Trinajstić information content (AvgIpc) is 3.04. The molecule has 178 valence electrons. The number of thioether (sulfide) groups is 1. The van der Waals surface area contributed by atoms with Gasteiger partial charge in [0.1, 0.15) is 22.1 Å². The third-order valence-electron chi connectivity index (χ3n) is 5.50. The van der Waals surface area contributed by atoms with E-state index in [1.165, 1.54) is 23.8 Å². The first-order chi connectivity index (χ1) is 15.6. The number of nitrogens with one attached hydrogen (secondary N) is 1. The lowest BCUT2D eigenvalue weighted by Gasteiger charge is -2.44. The Morgan fingerprint density at radius 1 is 1.27 bits per heavy atom. The van der Waals surface area contributed by atoms with E-state index in [4.69, 9.17) is 4.74 Å². The molecule has 2 amide bonds. The van der Waals surface area contributed by atoms with Crippen LogP contribution in [-0.4, -0.2) is 68.3 Å². The molecule has 3 rings (SSSR count). The largest absolute Gasteiger partial charge is 0.469 e. The van der Waals surface area contributed by atoms with Gasteiger partial charge in [-0.25, -0.2) is 4.79 Å². The summed E-state index contributed by atoms with van der Waals surface area (Å²) < 4.78 is 9.47. The van der Waals surface area contributed by atoms with E-state index >= 15 is 0 Å². The molecule has 2 heterocycles. The monoisotopic (exact) mass is 587 g/mol. The van der Waals surface area contributed by atoms with Gasteiger partial charge in [0, 0.05) is 10.5 Å². The normalized spacial score (nSPS) is 24.4. The van der Waals surface area contributed by atoms with Gasteiger partial charge in [-0.2, -0.15) is 0 Å². The van der Waals surface area contributed by atoms with Crippen LogP contribution in [0.1, 0.15) is 38.8 Å². The predicted molar refractivity (Wildman–Crippen MR) is 132 cm³/mol. The standard InChI is InChI=1S/C22H26IN3O6S/c1-12(10-14(27)31-4)24-15(13-8-6-5-7-9-13)18(28)25-16-19(29)26-17(21(30)32-11-23)22(2,3)33-20(16)26/h5-9,15-17,20H,10-11H2,1-4H3,(H,25,28)/t15?,16-,17+,20-/m1/s1. The quantitative estimate of drug-likeness (QED) is 0.163. The second-order valence-electron chi connectivity index (χ2n) is 8.25. The van der Waals surface area contributed by atoms with Gasteiger partial charge < -0.3 is 19.7 Å². The maximum Gasteiger partial charge on any atom is 0.331 e. The first-order valence-corrected chi connectivity index (χ1v) is 12.7. The van der Waals surface area contributed by atoms with Gasteiger partial charge in [-0.15, -0.1) is 11.8 Å². The minimum absolute atomic E-state index is 0.0451. The van der Waals surface area contributed by atoms with Crippen LogP contribution in [0.4, 0.5) is 0 Å². The molecular weight excluding hydrogens is 561 g/mol. The number of aliphatic imine (C=N–C) groups is 1. The number of carbonyl (C=O) groups is 4. The Bertz CT molecular complexity index is 970. The fourth-order valence-electron chi connectivity index (χ4n) is 3.96. The van der Waals surface area contributed by atoms with Crippen LogP contribution in [0.3, 0.4) is 0 Å². The van der Waals surface area contributed by atoms with Crippen molar-refractivity contribution in [2.75, 3.05) is 11.7 Å². The van der Waals surface area contributed by atoms with Gasteiger partial charge in [-0.1, -0.05) is 30.3 Å². The number of esters is 2. The zero-order valence-electron chi connectivity index (χ0n) is 18.7. The molecule has 0 bridgehead atoms. The summed E-state index contributed by atoms with van der Waals surface area (Å²) in [6, 6.07) is 6.50. The molecule has 9 nitrogen and oxygen atoms in total. The Morgan fingerprint density at radius 2 is 1.94 bits per heavy atom. The third-order valence-corrected chi connectivity index (χ3v) is 7.38. The smallest absolute Gasteiger partial charge is 0.331 e. The molecule has 33 heavy (non-hydrogen) atoms. The molecule has 2 fully saturated rings. The lowest BCUT2D eigenvalue weighted by Crippen LogP contribution is -2.71. The van der Waals surface area contributed by atoms with Crippen molar-refractivity contribution in [3.8, 4) is 0 Å². The minimum atomic E-state index is -0.933. The summed E-state index contributed by atoms with van der Waals surface area (Å²) in [4.78, 5) is 56.2. The Balaban J connectivity index is 1.79. The molecule has 2 aliphatic heterocycles. The van der Waals surface area contributed by atoms with E-state index in [1.54, 1.807) is 31.2 Å². The van der Waals surface area contributed by atoms with Gasteiger partial charge in [0.15, 0.2) is 6.04 Å². The van der Waals surface area contributed by atoms with Crippen LogP contribution in [0.2, 0.25) is 0 Å². The maximum atomic E-state index is 13.2. The zero-order chi connectivity index (χ0) is 24.3. The second kappa shape index (κ2) is 10.4. The van der Waals surface area contributed by atoms with Crippen LogP contribution < -0.4 is 5.32 Å². The molecule has 2 aliphatic rings. The predicted octanol–water partition coefficient (Wildman–Crippen LogP) is 2.23. The lowest BCUT2D eigenvalue weighted by atomic mass is 9.95. The molecule has 2 saturated heterocycles. The van der Waals surface area contributed by atoms with Crippen molar-refractivity contribution in [2.45, 2.75) is 55.4 Å². The molecular formula is C22H26IN3O6S. The van der Waals surface area contributed by atoms with Crippen molar-refractivity contribution in [1.29, 1.82) is 0 Å². The number of hydrogen-bond donors (Lipinski definition) is 1. The average molecular weight is 587 g/mol. The molecule has 4 atom stereocenters. The first-order valence-electron chi connectivity index (χ1n) is 10.3. The van der Waals surface area contributed by atoms with Crippen LogP contribution in [0.5, 0.6) is 0 Å². The summed E-state index contributed by atoms with van der Waals surface area (Å²) in [6.07, 6.45) is -0.0451. The summed E-state index contributed by atoms with van der Waals surface area (Å²) in [5, 5.41) is 2.44. The highest BCUT2D eigenvalue weighted by atomic mass is 127. The van der Waals surface area contributed by atoms with Gasteiger partial charge in [0.05, 0.1) is 13.5 Å². The van der Waals surface area contributed by atoms with Crippen LogP contribution in [0.15, 0.2) is 35.3 Å². The topological polar surface area (TPSA) is 114 Å². The first kappa shape index (κ1) is 25.5. The van der Waals surface area contributed by atoms with Gasteiger partial charge in [-0.3, -0.25) is 19.4 Å². The molecule has 0 aliphatic carbocycles. The fourth-order valence-corrected chi connectivity index (χ4v) is 5.89. The summed E-state index contributed by atoms with van der Waals surface area (Å²) >= 11 is 3.39. The van der Waals surface area contributed by atoms with E-state index < -0.39 is 40.7 Å². The van der Waals surface area contributed by atoms with Crippen LogP contribution in [-0.2, 0) is 28.7 Å². The number of hydrogen-bond acceptors (Lipinski definition) is 8. The van der Waals surface area contributed by atoms with Crippen LogP contribution >= 0.6 is 34.4 Å². The van der Waals surface area contributed by atoms with Crippen LogP contribution in [0.25, 0.3) is 0 Å². The van der Waals surface area contributed by atoms with Gasteiger partial charge >= 0.3 is 11.9 Å². The van der Waals surface area contributed by atoms with Crippen molar-refractivity contribution < 1.29 is 28.7 Å². The van der Waals surface area contributed by atoms with E-state index in [2.05, 4.69) is 15.0 Å². The summed E-state index contributed by atoms with van der Waals surface area (Å²) in [7, 11) is 1.29. The number of amides is 2. The highest BCUT2D eigenvalue weighted by molar-refractivity contribution is 14.1. The molecule has 11 heteroatoms. The second-order valence-corrected chi connectivity index (χ2v) is 10.6. The van der Waals surface area contributed by atoms with Crippen LogP contribution in [0, 0.1) is 0 Å². The highest BCUT2D eigenvalue weighted by Crippen LogP contribution is 2.51. The number of carbonyl (C=O) groups excluding carboxylic acids is 4. The number of rotatable bonds is 8. The summed E-state index contributed by atoms with van der Waals surface area (Å²) in [5.41, 5.74) is 1.07. The molecule has 0 radical (unpaired) electrons. The number of ether oxygens (including phenoxy) is 2. The summed E-state index contributed by atoms with van der Waals surface area (Å²) in [6.45, 7) is 5.41. The Labute approximate surface area is 210 Å². The number of methoxy groups -OCH3 is 1. The zero-order valence-corrected chi connectivity index (χ0v) is 21.7. The number of β-lactam (4-membered cyclic amide) rings is 1. The van der Waals surface area contributed by atoms with E-state index in [9.17, 15) is 19.2 Å². The highest BCUT2D eigenvalue weighted by Gasteiger charge is 2.64. The van der Waals surface area contributed by atoms with E-state index in [1.807, 2.05) is 42.5 Å². The van der Waals surface area contributed by atoms with Crippen molar-refractivity contribution >= 4 is 63.8 Å². The van der Waals surface area contributed by atoms with Crippen molar-refractivity contribution in [2.24, 2.45) is 4.99 Å². The number of halogens is 1. The van der Waals surface area contributed by atoms with Crippen molar-refractivity contribution in [3.63, 3.8) is 0 Å². The lowest BCUT2D eigenvalue weighted by molar-refractivity contribution is -0.163. The van der Waals surface area contributed by atoms with E-state index in [-0.39, 0.29) is 22.3 Å².